The number of hydrogen-bond donors (Lipinski definition) is 1. The van der Waals surface area contributed by atoms with Crippen LogP contribution in [0.4, 0.5) is 8.78 Å². The molecule has 0 saturated carbocycles. The van der Waals surface area contributed by atoms with Gasteiger partial charge < -0.3 is 5.32 Å². The summed E-state index contributed by atoms with van der Waals surface area (Å²) in [6.45, 7) is 3.20. The highest BCUT2D eigenvalue weighted by molar-refractivity contribution is 5.86. The molecule has 0 aromatic heterocycles. The van der Waals surface area contributed by atoms with Crippen LogP contribution in [0.15, 0.2) is 12.7 Å². The zero-order chi connectivity index (χ0) is 7.78. The number of hydrogen-bond acceptors (Lipinski definition) is 1. The van der Waals surface area contributed by atoms with Crippen LogP contribution in [0.5, 0.6) is 0 Å². The Kier molecular flexibility index (Phi) is 1.46. The highest BCUT2D eigenvalue weighted by Gasteiger charge is 2.50. The lowest BCUT2D eigenvalue weighted by Crippen LogP contribution is -2.31. The van der Waals surface area contributed by atoms with Gasteiger partial charge in [0.1, 0.15) is 0 Å². The van der Waals surface area contributed by atoms with Gasteiger partial charge in [0.25, 0.3) is 5.91 Å². The van der Waals surface area contributed by atoms with Crippen molar-refractivity contribution in [2.24, 2.45) is 5.92 Å². The van der Waals surface area contributed by atoms with E-state index in [2.05, 4.69) is 11.9 Å². The number of amides is 1. The maximum absolute atomic E-state index is 12.5. The van der Waals surface area contributed by atoms with Gasteiger partial charge in [0.2, 0.25) is 0 Å². The van der Waals surface area contributed by atoms with Gasteiger partial charge in [0.05, 0.1) is 5.92 Å². The maximum atomic E-state index is 12.5. The lowest BCUT2D eigenvalue weighted by Gasteiger charge is -2.09. The van der Waals surface area contributed by atoms with Crippen LogP contribution in [-0.4, -0.2) is 18.4 Å². The van der Waals surface area contributed by atoms with E-state index in [4.69, 9.17) is 0 Å². The van der Waals surface area contributed by atoms with E-state index in [0.29, 0.717) is 0 Å². The first-order valence-electron chi connectivity index (χ1n) is 2.87. The van der Waals surface area contributed by atoms with Gasteiger partial charge in [-0.1, -0.05) is 6.08 Å². The second-order valence-electron chi connectivity index (χ2n) is 2.18. The van der Waals surface area contributed by atoms with Crippen LogP contribution in [0.2, 0.25) is 0 Å². The fourth-order valence-corrected chi connectivity index (χ4v) is 0.848. The Bertz CT molecular complexity index is 179. The molecule has 0 spiro atoms. The van der Waals surface area contributed by atoms with Gasteiger partial charge in [-0.05, 0) is 0 Å². The topological polar surface area (TPSA) is 29.1 Å². The van der Waals surface area contributed by atoms with E-state index in [1.54, 1.807) is 0 Å². The van der Waals surface area contributed by atoms with Gasteiger partial charge in [0, 0.05) is 6.54 Å². The summed E-state index contributed by atoms with van der Waals surface area (Å²) in [5, 5.41) is 2.05. The number of alkyl halides is 2. The Labute approximate surface area is 56.9 Å². The fraction of sp³-hybridized carbons (Fsp3) is 0.500. The molecule has 1 atom stereocenters. The van der Waals surface area contributed by atoms with Crippen molar-refractivity contribution in [2.75, 3.05) is 6.54 Å². The molecule has 1 saturated heterocycles. The molecule has 1 amide bonds. The average molecular weight is 147 g/mol. The van der Waals surface area contributed by atoms with Gasteiger partial charge >= 0.3 is 5.92 Å². The summed E-state index contributed by atoms with van der Waals surface area (Å²) in [7, 11) is 0. The molecule has 0 aromatic carbocycles. The van der Waals surface area contributed by atoms with Crippen molar-refractivity contribution in [2.45, 2.75) is 5.92 Å². The molecule has 1 aliphatic heterocycles. The Morgan fingerprint density at radius 3 is 2.60 bits per heavy atom. The number of rotatable bonds is 1. The van der Waals surface area contributed by atoms with Gasteiger partial charge in [-0.25, -0.2) is 0 Å². The van der Waals surface area contributed by atoms with Crippen molar-refractivity contribution in [3.63, 3.8) is 0 Å². The number of nitrogens with one attached hydrogen (secondary N) is 1. The average Bonchev–Trinajstić information content (AvgIpc) is 2.10. The first kappa shape index (κ1) is 7.18. The Hall–Kier alpha value is -0.930. The zero-order valence-electron chi connectivity index (χ0n) is 5.23. The predicted molar refractivity (Wildman–Crippen MR) is 31.6 cm³/mol. The van der Waals surface area contributed by atoms with Crippen LogP contribution in [-0.2, 0) is 4.79 Å². The minimum Gasteiger partial charge on any atom is -0.350 e. The molecule has 0 bridgehead atoms. The van der Waals surface area contributed by atoms with Crippen molar-refractivity contribution < 1.29 is 13.6 Å². The molecule has 1 heterocycles. The summed E-state index contributed by atoms with van der Waals surface area (Å²) < 4.78 is 25.0. The molecule has 1 fully saturated rings. The van der Waals surface area contributed by atoms with E-state index in [-0.39, 0.29) is 6.54 Å². The first-order valence-corrected chi connectivity index (χ1v) is 2.87. The van der Waals surface area contributed by atoms with Crippen LogP contribution in [0.1, 0.15) is 0 Å². The summed E-state index contributed by atoms with van der Waals surface area (Å²) in [6, 6.07) is 0. The monoisotopic (exact) mass is 147 g/mol. The standard InChI is InChI=1S/C6H7F2NO/c1-2-4-3-9-5(10)6(4,7)8/h2,4H,1,3H2,(H,9,10). The number of carbonyl (C=O) groups excluding carboxylic acids is 1. The normalized spacial score (nSPS) is 29.8. The Balaban J connectivity index is 2.83. The lowest BCUT2D eigenvalue weighted by atomic mass is 10.1. The summed E-state index contributed by atoms with van der Waals surface area (Å²) in [6.07, 6.45) is 1.10. The smallest absolute Gasteiger partial charge is 0.332 e. The number of carbonyl (C=O) groups is 1. The van der Waals surface area contributed by atoms with Crippen LogP contribution in [0.25, 0.3) is 0 Å². The molecule has 4 heteroatoms. The molecule has 1 aliphatic rings. The van der Waals surface area contributed by atoms with E-state index in [0.717, 1.165) is 6.08 Å². The first-order chi connectivity index (χ1) is 4.59. The van der Waals surface area contributed by atoms with Gasteiger partial charge in [-0.2, -0.15) is 8.78 Å². The highest BCUT2D eigenvalue weighted by Crippen LogP contribution is 2.29. The third-order valence-corrected chi connectivity index (χ3v) is 1.54. The molecule has 1 N–H and O–H groups in total. The van der Waals surface area contributed by atoms with Crippen molar-refractivity contribution >= 4 is 5.91 Å². The molecular formula is C6H7F2NO. The second kappa shape index (κ2) is 2.04. The van der Waals surface area contributed by atoms with Crippen LogP contribution in [0.3, 0.4) is 0 Å². The molecule has 1 unspecified atom stereocenters. The zero-order valence-corrected chi connectivity index (χ0v) is 5.23. The molecular weight excluding hydrogens is 140 g/mol. The van der Waals surface area contributed by atoms with E-state index >= 15 is 0 Å². The lowest BCUT2D eigenvalue weighted by molar-refractivity contribution is -0.142. The number of halogens is 2. The van der Waals surface area contributed by atoms with Gasteiger partial charge in [-0.3, -0.25) is 4.79 Å². The fourth-order valence-electron chi connectivity index (χ4n) is 0.848. The molecule has 0 aromatic rings. The summed E-state index contributed by atoms with van der Waals surface area (Å²) in [5.41, 5.74) is 0. The van der Waals surface area contributed by atoms with E-state index in [1.807, 2.05) is 0 Å². The molecule has 10 heavy (non-hydrogen) atoms. The minimum absolute atomic E-state index is 0.00463. The van der Waals surface area contributed by atoms with Crippen molar-refractivity contribution in [1.29, 1.82) is 0 Å². The molecule has 2 nitrogen and oxygen atoms in total. The predicted octanol–water partition coefficient (Wildman–Crippen LogP) is 0.554. The summed E-state index contributed by atoms with van der Waals surface area (Å²) in [4.78, 5) is 10.4. The third kappa shape index (κ3) is 0.798. The van der Waals surface area contributed by atoms with Crippen LogP contribution >= 0.6 is 0 Å². The van der Waals surface area contributed by atoms with Gasteiger partial charge in [-0.15, -0.1) is 6.58 Å². The van der Waals surface area contributed by atoms with E-state index in [1.165, 1.54) is 0 Å². The molecule has 0 aliphatic carbocycles. The van der Waals surface area contributed by atoms with Crippen molar-refractivity contribution in [1.82, 2.24) is 5.32 Å². The molecule has 0 radical (unpaired) electrons. The second-order valence-corrected chi connectivity index (χ2v) is 2.18. The van der Waals surface area contributed by atoms with Crippen LogP contribution in [0, 0.1) is 5.92 Å². The minimum atomic E-state index is -3.25. The molecule has 56 valence electrons. The summed E-state index contributed by atoms with van der Waals surface area (Å²) >= 11 is 0. The quantitative estimate of drug-likeness (QED) is 0.539. The maximum Gasteiger partial charge on any atom is 0.332 e. The Morgan fingerprint density at radius 1 is 1.80 bits per heavy atom. The highest BCUT2D eigenvalue weighted by atomic mass is 19.3. The third-order valence-electron chi connectivity index (χ3n) is 1.54. The SMILES string of the molecule is C=CC1CNC(=O)C1(F)F. The van der Waals surface area contributed by atoms with Crippen molar-refractivity contribution in [3.8, 4) is 0 Å². The van der Waals surface area contributed by atoms with Gasteiger partial charge in [0.15, 0.2) is 0 Å². The van der Waals surface area contributed by atoms with Crippen LogP contribution < -0.4 is 5.32 Å². The van der Waals surface area contributed by atoms with Crippen molar-refractivity contribution in [3.05, 3.63) is 12.7 Å². The Morgan fingerprint density at radius 2 is 2.40 bits per heavy atom. The van der Waals surface area contributed by atoms with E-state index in [9.17, 15) is 13.6 Å². The summed E-state index contributed by atoms with van der Waals surface area (Å²) in [5.74, 6) is -5.49. The largest absolute Gasteiger partial charge is 0.350 e. The van der Waals surface area contributed by atoms with E-state index < -0.39 is 17.7 Å². The molecule has 1 rings (SSSR count).